The third-order valence-corrected chi connectivity index (χ3v) is 5.22. The second kappa shape index (κ2) is 6.48. The number of ether oxygens (including phenoxy) is 1. The third-order valence-electron chi connectivity index (χ3n) is 4.73. The molecule has 2 nitrogen and oxygen atoms in total. The van der Waals surface area contributed by atoms with Crippen LogP contribution in [0.4, 0.5) is 0 Å². The predicted molar refractivity (Wildman–Crippen MR) is 86.5 cm³/mol. The molecule has 0 radical (unpaired) electrons. The van der Waals surface area contributed by atoms with Gasteiger partial charge in [-0.3, -0.25) is 0 Å². The lowest BCUT2D eigenvalue weighted by atomic mass is 9.97. The molecule has 1 aliphatic carbocycles. The normalized spacial score (nSPS) is 24.4. The molecule has 0 N–H and O–H groups in total. The number of benzene rings is 1. The molecule has 1 aromatic carbocycles. The molecule has 0 spiro atoms. The number of likely N-dealkylation sites (tertiary alicyclic amines) is 1. The van der Waals surface area contributed by atoms with Crippen LogP contribution in [-0.2, 0) is 0 Å². The molecule has 1 heterocycles. The zero-order chi connectivity index (χ0) is 13.9. The summed E-state index contributed by atoms with van der Waals surface area (Å²) in [6.07, 6.45) is 6.64. The van der Waals surface area contributed by atoms with Crippen molar-refractivity contribution in [3.63, 3.8) is 0 Å². The SMILES string of the molecule is CN1CCC(COc2ccc(Br)cc2C2CCCC2)C1. The third kappa shape index (κ3) is 3.37. The van der Waals surface area contributed by atoms with Crippen molar-refractivity contribution in [2.45, 2.75) is 38.0 Å². The Balaban J connectivity index is 1.68. The monoisotopic (exact) mass is 337 g/mol. The minimum absolute atomic E-state index is 0.695. The zero-order valence-corrected chi connectivity index (χ0v) is 13.9. The predicted octanol–water partition coefficient (Wildman–Crippen LogP) is 4.44. The largest absolute Gasteiger partial charge is 0.493 e. The van der Waals surface area contributed by atoms with Gasteiger partial charge < -0.3 is 9.64 Å². The summed E-state index contributed by atoms with van der Waals surface area (Å²) in [5.41, 5.74) is 1.42. The van der Waals surface area contributed by atoms with Gasteiger partial charge in [0, 0.05) is 16.9 Å². The molecule has 3 heteroatoms. The highest BCUT2D eigenvalue weighted by molar-refractivity contribution is 9.10. The summed E-state index contributed by atoms with van der Waals surface area (Å²) in [6, 6.07) is 6.52. The summed E-state index contributed by atoms with van der Waals surface area (Å²) in [4.78, 5) is 2.40. The molecule has 1 unspecified atom stereocenters. The van der Waals surface area contributed by atoms with Gasteiger partial charge in [0.25, 0.3) is 0 Å². The quantitative estimate of drug-likeness (QED) is 0.805. The first-order chi connectivity index (χ1) is 9.72. The molecule has 3 rings (SSSR count). The molecule has 1 saturated carbocycles. The molecule has 1 saturated heterocycles. The molecular formula is C17H24BrNO. The number of halogens is 1. The van der Waals surface area contributed by atoms with E-state index >= 15 is 0 Å². The van der Waals surface area contributed by atoms with E-state index in [0.29, 0.717) is 11.8 Å². The van der Waals surface area contributed by atoms with Gasteiger partial charge in [0.05, 0.1) is 6.61 Å². The van der Waals surface area contributed by atoms with Gasteiger partial charge in [-0.25, -0.2) is 0 Å². The Morgan fingerprint density at radius 2 is 2.05 bits per heavy atom. The molecule has 1 aromatic rings. The molecule has 1 atom stereocenters. The van der Waals surface area contributed by atoms with Crippen molar-refractivity contribution in [2.75, 3.05) is 26.7 Å². The Hall–Kier alpha value is -0.540. The lowest BCUT2D eigenvalue weighted by molar-refractivity contribution is 0.246. The van der Waals surface area contributed by atoms with Gasteiger partial charge in [-0.05, 0) is 62.5 Å². The van der Waals surface area contributed by atoms with Crippen LogP contribution in [0.5, 0.6) is 5.75 Å². The van der Waals surface area contributed by atoms with Crippen LogP contribution in [0.3, 0.4) is 0 Å². The summed E-state index contributed by atoms with van der Waals surface area (Å²) in [7, 11) is 2.20. The van der Waals surface area contributed by atoms with Crippen LogP contribution in [0.25, 0.3) is 0 Å². The molecular weight excluding hydrogens is 314 g/mol. The standard InChI is InChI=1S/C17H24BrNO/c1-19-9-8-13(11-19)12-20-17-7-6-15(18)10-16(17)14-4-2-3-5-14/h6-7,10,13-14H,2-5,8-9,11-12H2,1H3. The summed E-state index contributed by atoms with van der Waals surface area (Å²) in [5, 5.41) is 0. The van der Waals surface area contributed by atoms with Gasteiger partial charge in [0.2, 0.25) is 0 Å². The summed E-state index contributed by atoms with van der Waals surface area (Å²) in [5.74, 6) is 2.52. The molecule has 110 valence electrons. The van der Waals surface area contributed by atoms with E-state index in [-0.39, 0.29) is 0 Å². The summed E-state index contributed by atoms with van der Waals surface area (Å²) >= 11 is 3.61. The average Bonchev–Trinajstić information content (AvgIpc) is 3.08. The maximum atomic E-state index is 6.19. The molecule has 1 aliphatic heterocycles. The van der Waals surface area contributed by atoms with E-state index in [0.717, 1.165) is 12.4 Å². The summed E-state index contributed by atoms with van der Waals surface area (Å²) < 4.78 is 7.36. The van der Waals surface area contributed by atoms with Crippen LogP contribution in [0, 0.1) is 5.92 Å². The van der Waals surface area contributed by atoms with E-state index in [2.05, 4.69) is 46.1 Å². The van der Waals surface area contributed by atoms with Crippen LogP contribution < -0.4 is 4.74 Å². The molecule has 2 fully saturated rings. The number of hydrogen-bond acceptors (Lipinski definition) is 2. The van der Waals surface area contributed by atoms with Crippen LogP contribution >= 0.6 is 15.9 Å². The van der Waals surface area contributed by atoms with Gasteiger partial charge in [-0.15, -0.1) is 0 Å². The summed E-state index contributed by atoms with van der Waals surface area (Å²) in [6.45, 7) is 3.25. The Morgan fingerprint density at radius 1 is 1.25 bits per heavy atom. The van der Waals surface area contributed by atoms with Gasteiger partial charge in [0.15, 0.2) is 0 Å². The van der Waals surface area contributed by atoms with Crippen molar-refractivity contribution in [1.82, 2.24) is 4.90 Å². The number of rotatable bonds is 4. The maximum absolute atomic E-state index is 6.19. The van der Waals surface area contributed by atoms with Crippen molar-refractivity contribution in [1.29, 1.82) is 0 Å². The second-order valence-electron chi connectivity index (χ2n) is 6.39. The first-order valence-corrected chi connectivity index (χ1v) is 8.62. The number of hydrogen-bond donors (Lipinski definition) is 0. The van der Waals surface area contributed by atoms with E-state index in [1.54, 1.807) is 0 Å². The maximum Gasteiger partial charge on any atom is 0.122 e. The first kappa shape index (κ1) is 14.4. The van der Waals surface area contributed by atoms with Crippen LogP contribution in [0.1, 0.15) is 43.6 Å². The Labute approximate surface area is 130 Å². The van der Waals surface area contributed by atoms with Crippen molar-refractivity contribution in [3.05, 3.63) is 28.2 Å². The fourth-order valence-corrected chi connectivity index (χ4v) is 3.96. The Morgan fingerprint density at radius 3 is 2.75 bits per heavy atom. The Bertz CT molecular complexity index is 456. The fraction of sp³-hybridized carbons (Fsp3) is 0.647. The lowest BCUT2D eigenvalue weighted by Gasteiger charge is -2.18. The minimum Gasteiger partial charge on any atom is -0.493 e. The second-order valence-corrected chi connectivity index (χ2v) is 7.31. The van der Waals surface area contributed by atoms with Crippen LogP contribution in [-0.4, -0.2) is 31.6 Å². The fourth-order valence-electron chi connectivity index (χ4n) is 3.58. The number of nitrogens with zero attached hydrogens (tertiary/aromatic N) is 1. The van der Waals surface area contributed by atoms with E-state index < -0.39 is 0 Å². The molecule has 20 heavy (non-hydrogen) atoms. The minimum atomic E-state index is 0.695. The van der Waals surface area contributed by atoms with Gasteiger partial charge in [0.1, 0.15) is 5.75 Å². The van der Waals surface area contributed by atoms with Crippen LogP contribution in [0.15, 0.2) is 22.7 Å². The highest BCUT2D eigenvalue weighted by Gasteiger charge is 2.23. The van der Waals surface area contributed by atoms with E-state index in [9.17, 15) is 0 Å². The van der Waals surface area contributed by atoms with Gasteiger partial charge in [-0.2, -0.15) is 0 Å². The van der Waals surface area contributed by atoms with Crippen molar-refractivity contribution < 1.29 is 4.74 Å². The van der Waals surface area contributed by atoms with Crippen molar-refractivity contribution >= 4 is 15.9 Å². The van der Waals surface area contributed by atoms with Gasteiger partial charge >= 0.3 is 0 Å². The lowest BCUT2D eigenvalue weighted by Crippen LogP contribution is -2.18. The first-order valence-electron chi connectivity index (χ1n) is 7.83. The van der Waals surface area contributed by atoms with Gasteiger partial charge in [-0.1, -0.05) is 28.8 Å². The smallest absolute Gasteiger partial charge is 0.122 e. The molecule has 0 bridgehead atoms. The van der Waals surface area contributed by atoms with Crippen molar-refractivity contribution in [3.8, 4) is 5.75 Å². The highest BCUT2D eigenvalue weighted by atomic mass is 79.9. The van der Waals surface area contributed by atoms with E-state index in [4.69, 9.17) is 4.74 Å². The molecule has 0 aromatic heterocycles. The van der Waals surface area contributed by atoms with Crippen molar-refractivity contribution in [2.24, 2.45) is 5.92 Å². The average molecular weight is 338 g/mol. The van der Waals surface area contributed by atoms with E-state index in [1.807, 2.05) is 0 Å². The topological polar surface area (TPSA) is 12.5 Å². The van der Waals surface area contributed by atoms with E-state index in [1.165, 1.54) is 55.2 Å². The highest BCUT2D eigenvalue weighted by Crippen LogP contribution is 2.40. The Kier molecular flexibility index (Phi) is 4.67. The zero-order valence-electron chi connectivity index (χ0n) is 12.3. The molecule has 2 aliphatic rings. The van der Waals surface area contributed by atoms with Crippen LogP contribution in [0.2, 0.25) is 0 Å². The molecule has 0 amide bonds.